The molecule has 1 atom stereocenters. The van der Waals surface area contributed by atoms with Crippen molar-refractivity contribution in [3.8, 4) is 11.8 Å². The van der Waals surface area contributed by atoms with Crippen LogP contribution in [0.2, 0.25) is 0 Å². The van der Waals surface area contributed by atoms with Gasteiger partial charge >= 0.3 is 6.09 Å². The fraction of sp³-hybridized carbons (Fsp3) is 0.435. The van der Waals surface area contributed by atoms with E-state index in [0.29, 0.717) is 29.9 Å². The van der Waals surface area contributed by atoms with E-state index in [-0.39, 0.29) is 11.8 Å². The standard InChI is InChI=1S/C23H27N3O4/c1-26(2)22(27)20(17-6-4-3-5-7-17)25-23(28)30-19-13-12-18(16-10-11-16)21(24-19)29-14-15-8-9-15/h3-7,12-13,15-16,20H,8-11,14H2,1-2H3,(H,25,28). The molecular weight excluding hydrogens is 382 g/mol. The number of hydrogen-bond acceptors (Lipinski definition) is 5. The van der Waals surface area contributed by atoms with E-state index in [1.165, 1.54) is 17.7 Å². The maximum absolute atomic E-state index is 12.6. The van der Waals surface area contributed by atoms with Crippen molar-refractivity contribution >= 4 is 12.0 Å². The van der Waals surface area contributed by atoms with Crippen LogP contribution in [0.4, 0.5) is 4.79 Å². The van der Waals surface area contributed by atoms with Gasteiger partial charge in [0, 0.05) is 25.7 Å². The highest BCUT2D eigenvalue weighted by Crippen LogP contribution is 2.44. The van der Waals surface area contributed by atoms with Crippen molar-refractivity contribution in [2.75, 3.05) is 20.7 Å². The lowest BCUT2D eigenvalue weighted by Gasteiger charge is -2.21. The van der Waals surface area contributed by atoms with E-state index in [0.717, 1.165) is 18.4 Å². The molecule has 1 N–H and O–H groups in total. The molecule has 7 heteroatoms. The Kier molecular flexibility index (Phi) is 5.88. The van der Waals surface area contributed by atoms with Gasteiger partial charge < -0.3 is 19.7 Å². The summed E-state index contributed by atoms with van der Waals surface area (Å²) in [5, 5.41) is 2.66. The average molecular weight is 409 g/mol. The van der Waals surface area contributed by atoms with Gasteiger partial charge in [0.05, 0.1) is 6.61 Å². The molecule has 0 radical (unpaired) electrons. The number of nitrogens with one attached hydrogen (secondary N) is 1. The summed E-state index contributed by atoms with van der Waals surface area (Å²) in [6.45, 7) is 0.649. The molecule has 2 aliphatic rings. The highest BCUT2D eigenvalue weighted by molar-refractivity contribution is 5.87. The number of rotatable bonds is 8. The zero-order valence-electron chi connectivity index (χ0n) is 17.3. The molecule has 30 heavy (non-hydrogen) atoms. The molecule has 2 aromatic rings. The fourth-order valence-corrected chi connectivity index (χ4v) is 3.23. The van der Waals surface area contributed by atoms with Gasteiger partial charge in [-0.05, 0) is 49.1 Å². The van der Waals surface area contributed by atoms with Crippen LogP contribution in [0.5, 0.6) is 11.8 Å². The number of hydrogen-bond donors (Lipinski definition) is 1. The van der Waals surface area contributed by atoms with Crippen LogP contribution in [0.3, 0.4) is 0 Å². The highest BCUT2D eigenvalue weighted by atomic mass is 16.6. The lowest BCUT2D eigenvalue weighted by atomic mass is 10.1. The number of amides is 2. The Morgan fingerprint density at radius 2 is 1.83 bits per heavy atom. The Morgan fingerprint density at radius 1 is 1.10 bits per heavy atom. The first-order valence-electron chi connectivity index (χ1n) is 10.4. The van der Waals surface area contributed by atoms with E-state index in [4.69, 9.17) is 9.47 Å². The number of carbonyl (C=O) groups is 2. The summed E-state index contributed by atoms with van der Waals surface area (Å²) in [5.74, 6) is 1.55. The molecule has 0 saturated heterocycles. The van der Waals surface area contributed by atoms with Gasteiger partial charge in [0.2, 0.25) is 17.7 Å². The van der Waals surface area contributed by atoms with Crippen LogP contribution in [-0.2, 0) is 4.79 Å². The van der Waals surface area contributed by atoms with Crippen LogP contribution in [0, 0.1) is 5.92 Å². The Hall–Kier alpha value is -3.09. The molecule has 0 spiro atoms. The summed E-state index contributed by atoms with van der Waals surface area (Å²) in [6.07, 6.45) is 3.91. The van der Waals surface area contributed by atoms with Crippen molar-refractivity contribution < 1.29 is 19.1 Å². The SMILES string of the molecule is CN(C)C(=O)C(NC(=O)Oc1ccc(C2CC2)c(OCC2CC2)n1)c1ccccc1. The number of benzene rings is 1. The molecule has 0 bridgehead atoms. The summed E-state index contributed by atoms with van der Waals surface area (Å²) in [7, 11) is 3.29. The Bertz CT molecular complexity index is 908. The van der Waals surface area contributed by atoms with Gasteiger partial charge in [-0.25, -0.2) is 4.79 Å². The van der Waals surface area contributed by atoms with Crippen molar-refractivity contribution in [2.24, 2.45) is 5.92 Å². The average Bonchev–Trinajstić information content (AvgIpc) is 3.64. The van der Waals surface area contributed by atoms with E-state index in [1.54, 1.807) is 32.3 Å². The van der Waals surface area contributed by atoms with E-state index < -0.39 is 12.1 Å². The number of aromatic nitrogens is 1. The van der Waals surface area contributed by atoms with Crippen LogP contribution >= 0.6 is 0 Å². The van der Waals surface area contributed by atoms with Crippen molar-refractivity contribution in [2.45, 2.75) is 37.6 Å². The monoisotopic (exact) mass is 409 g/mol. The first kappa shape index (κ1) is 20.2. The molecule has 1 unspecified atom stereocenters. The highest BCUT2D eigenvalue weighted by Gasteiger charge is 2.30. The smallest absolute Gasteiger partial charge is 0.414 e. The summed E-state index contributed by atoms with van der Waals surface area (Å²) >= 11 is 0. The molecule has 0 aliphatic heterocycles. The molecule has 1 aromatic heterocycles. The summed E-state index contributed by atoms with van der Waals surface area (Å²) < 4.78 is 11.3. The van der Waals surface area contributed by atoms with Crippen LogP contribution in [0.25, 0.3) is 0 Å². The van der Waals surface area contributed by atoms with Gasteiger partial charge in [-0.3, -0.25) is 4.79 Å². The van der Waals surface area contributed by atoms with Gasteiger partial charge in [-0.15, -0.1) is 0 Å². The van der Waals surface area contributed by atoms with Crippen LogP contribution in [-0.4, -0.2) is 42.6 Å². The topological polar surface area (TPSA) is 80.8 Å². The second-order valence-electron chi connectivity index (χ2n) is 8.18. The van der Waals surface area contributed by atoms with Crippen LogP contribution < -0.4 is 14.8 Å². The zero-order valence-corrected chi connectivity index (χ0v) is 17.3. The second kappa shape index (κ2) is 8.73. The van der Waals surface area contributed by atoms with Crippen LogP contribution in [0.15, 0.2) is 42.5 Å². The molecule has 2 saturated carbocycles. The van der Waals surface area contributed by atoms with Crippen molar-refractivity contribution in [1.29, 1.82) is 0 Å². The van der Waals surface area contributed by atoms with Gasteiger partial charge in [-0.1, -0.05) is 30.3 Å². The third kappa shape index (κ3) is 5.09. The molecular formula is C23H27N3O4. The first-order chi connectivity index (χ1) is 14.5. The Labute approximate surface area is 176 Å². The van der Waals surface area contributed by atoms with Crippen molar-refractivity contribution in [3.05, 3.63) is 53.6 Å². The number of pyridine rings is 1. The summed E-state index contributed by atoms with van der Waals surface area (Å²) in [5.41, 5.74) is 1.76. The quantitative estimate of drug-likeness (QED) is 0.720. The Balaban J connectivity index is 1.46. The normalized spacial score (nSPS) is 16.5. The van der Waals surface area contributed by atoms with Gasteiger partial charge in [0.15, 0.2) is 0 Å². The lowest BCUT2D eigenvalue weighted by molar-refractivity contribution is -0.130. The molecule has 2 amide bonds. The Morgan fingerprint density at radius 3 is 2.47 bits per heavy atom. The minimum atomic E-state index is -0.843. The fourth-order valence-electron chi connectivity index (χ4n) is 3.23. The number of likely N-dealkylation sites (N-methyl/N-ethyl adjacent to an activating group) is 1. The van der Waals surface area contributed by atoms with E-state index in [1.807, 2.05) is 24.3 Å². The predicted octanol–water partition coefficient (Wildman–Crippen LogP) is 3.67. The number of ether oxygens (including phenoxy) is 2. The molecule has 4 rings (SSSR count). The van der Waals surface area contributed by atoms with E-state index >= 15 is 0 Å². The minimum absolute atomic E-state index is 0.159. The predicted molar refractivity (Wildman–Crippen MR) is 111 cm³/mol. The van der Waals surface area contributed by atoms with Gasteiger partial charge in [0.1, 0.15) is 6.04 Å². The molecule has 1 heterocycles. The van der Waals surface area contributed by atoms with Crippen LogP contribution in [0.1, 0.15) is 48.8 Å². The zero-order chi connectivity index (χ0) is 21.1. The molecule has 7 nitrogen and oxygen atoms in total. The van der Waals surface area contributed by atoms with E-state index in [9.17, 15) is 9.59 Å². The van der Waals surface area contributed by atoms with Gasteiger partial charge in [-0.2, -0.15) is 4.98 Å². The summed E-state index contributed by atoms with van der Waals surface area (Å²) in [6, 6.07) is 11.8. The number of nitrogens with zero attached hydrogens (tertiary/aromatic N) is 2. The van der Waals surface area contributed by atoms with Crippen molar-refractivity contribution in [1.82, 2.24) is 15.2 Å². The van der Waals surface area contributed by atoms with Gasteiger partial charge in [0.25, 0.3) is 0 Å². The second-order valence-corrected chi connectivity index (χ2v) is 8.18. The molecule has 2 aliphatic carbocycles. The number of carbonyl (C=O) groups excluding carboxylic acids is 2. The molecule has 158 valence electrons. The first-order valence-corrected chi connectivity index (χ1v) is 10.4. The lowest BCUT2D eigenvalue weighted by Crippen LogP contribution is -2.41. The maximum atomic E-state index is 12.6. The summed E-state index contributed by atoms with van der Waals surface area (Å²) in [4.78, 5) is 31.0. The van der Waals surface area contributed by atoms with Crippen molar-refractivity contribution in [3.63, 3.8) is 0 Å². The third-order valence-electron chi connectivity index (χ3n) is 5.31. The molecule has 2 fully saturated rings. The molecule has 1 aromatic carbocycles. The maximum Gasteiger partial charge on any atom is 0.414 e. The largest absolute Gasteiger partial charge is 0.477 e. The van der Waals surface area contributed by atoms with E-state index in [2.05, 4.69) is 10.3 Å². The minimum Gasteiger partial charge on any atom is -0.477 e. The third-order valence-corrected chi connectivity index (χ3v) is 5.31.